The molecule has 1 aliphatic heterocycles. The van der Waals surface area contributed by atoms with Crippen LogP contribution in [0.15, 0.2) is 53.2 Å². The number of anilines is 1. The molecular weight excluding hydrogens is 238 g/mol. The van der Waals surface area contributed by atoms with Gasteiger partial charge >= 0.3 is 0 Å². The minimum absolute atomic E-state index is 0.00329. The average molecular weight is 253 g/mol. The molecule has 1 amide bonds. The second-order valence-electron chi connectivity index (χ2n) is 4.57. The monoisotopic (exact) mass is 253 g/mol. The molecule has 2 heterocycles. The molecule has 0 N–H and O–H groups in total. The minimum atomic E-state index is 0.00329. The predicted molar refractivity (Wildman–Crippen MR) is 74.9 cm³/mol. The van der Waals surface area contributed by atoms with Gasteiger partial charge in [0.1, 0.15) is 5.76 Å². The van der Waals surface area contributed by atoms with Crippen molar-refractivity contribution in [1.29, 1.82) is 0 Å². The largest absolute Gasteiger partial charge is 0.465 e. The van der Waals surface area contributed by atoms with E-state index in [0.717, 1.165) is 25.1 Å². The molecule has 0 atom stereocenters. The summed E-state index contributed by atoms with van der Waals surface area (Å²) in [5.74, 6) is 0.696. The van der Waals surface area contributed by atoms with E-state index in [1.807, 2.05) is 29.2 Å². The van der Waals surface area contributed by atoms with Crippen LogP contribution in [0.3, 0.4) is 0 Å². The number of furan rings is 1. The molecule has 0 saturated carbocycles. The standard InChI is InChI=1S/C16H15NO2/c18-16(10-9-14-7-4-12-19-14)17-11-3-6-13-5-1-2-8-15(13)17/h1-2,4-5,7-10,12H,3,6,11H2/b10-9+. The Hall–Kier alpha value is -2.29. The van der Waals surface area contributed by atoms with Crippen molar-refractivity contribution in [3.05, 3.63) is 60.1 Å². The molecule has 3 nitrogen and oxygen atoms in total. The Morgan fingerprint density at radius 2 is 2.11 bits per heavy atom. The summed E-state index contributed by atoms with van der Waals surface area (Å²) in [5.41, 5.74) is 2.27. The smallest absolute Gasteiger partial charge is 0.251 e. The Bertz CT molecular complexity index is 599. The maximum atomic E-state index is 12.3. The molecule has 0 bridgehead atoms. The summed E-state index contributed by atoms with van der Waals surface area (Å²) in [6.07, 6.45) is 6.93. The van der Waals surface area contributed by atoms with E-state index in [1.165, 1.54) is 5.56 Å². The number of hydrogen-bond acceptors (Lipinski definition) is 2. The molecule has 2 aromatic rings. The van der Waals surface area contributed by atoms with Gasteiger partial charge in [-0.25, -0.2) is 0 Å². The summed E-state index contributed by atoms with van der Waals surface area (Å²) in [4.78, 5) is 14.1. The van der Waals surface area contributed by atoms with E-state index in [2.05, 4.69) is 6.07 Å². The lowest BCUT2D eigenvalue weighted by molar-refractivity contribution is -0.114. The zero-order chi connectivity index (χ0) is 13.1. The molecule has 19 heavy (non-hydrogen) atoms. The summed E-state index contributed by atoms with van der Waals surface area (Å²) in [7, 11) is 0. The van der Waals surface area contributed by atoms with Crippen molar-refractivity contribution in [3.63, 3.8) is 0 Å². The van der Waals surface area contributed by atoms with Gasteiger partial charge in [0.2, 0.25) is 0 Å². The molecule has 1 aromatic heterocycles. The number of hydrogen-bond donors (Lipinski definition) is 0. The Kier molecular flexibility index (Phi) is 3.19. The lowest BCUT2D eigenvalue weighted by Crippen LogP contribution is -2.34. The lowest BCUT2D eigenvalue weighted by Gasteiger charge is -2.28. The molecule has 0 spiro atoms. The van der Waals surface area contributed by atoms with Gasteiger partial charge in [-0.3, -0.25) is 4.79 Å². The van der Waals surface area contributed by atoms with Crippen LogP contribution < -0.4 is 4.90 Å². The van der Waals surface area contributed by atoms with Gasteiger partial charge in [-0.15, -0.1) is 0 Å². The Balaban J connectivity index is 1.81. The second kappa shape index (κ2) is 5.14. The zero-order valence-corrected chi connectivity index (χ0v) is 10.6. The van der Waals surface area contributed by atoms with Crippen molar-refractivity contribution in [3.8, 4) is 0 Å². The first-order valence-corrected chi connectivity index (χ1v) is 6.45. The molecule has 0 aliphatic carbocycles. The minimum Gasteiger partial charge on any atom is -0.465 e. The average Bonchev–Trinajstić information content (AvgIpc) is 2.97. The van der Waals surface area contributed by atoms with Gasteiger partial charge in [-0.2, -0.15) is 0 Å². The van der Waals surface area contributed by atoms with E-state index < -0.39 is 0 Å². The van der Waals surface area contributed by atoms with Crippen LogP contribution in [0, 0.1) is 0 Å². The molecule has 0 radical (unpaired) electrons. The van der Waals surface area contributed by atoms with Gasteiger partial charge in [0.25, 0.3) is 5.91 Å². The van der Waals surface area contributed by atoms with Crippen molar-refractivity contribution < 1.29 is 9.21 Å². The van der Waals surface area contributed by atoms with E-state index in [9.17, 15) is 4.79 Å². The number of rotatable bonds is 2. The molecule has 96 valence electrons. The van der Waals surface area contributed by atoms with E-state index in [-0.39, 0.29) is 5.91 Å². The quantitative estimate of drug-likeness (QED) is 0.770. The molecule has 0 saturated heterocycles. The van der Waals surface area contributed by atoms with Crippen molar-refractivity contribution in [2.24, 2.45) is 0 Å². The van der Waals surface area contributed by atoms with Gasteiger partial charge < -0.3 is 9.32 Å². The van der Waals surface area contributed by atoms with Gasteiger partial charge in [0, 0.05) is 18.3 Å². The fraction of sp³-hybridized carbons (Fsp3) is 0.188. The third-order valence-electron chi connectivity index (χ3n) is 3.31. The normalized spacial score (nSPS) is 14.6. The summed E-state index contributed by atoms with van der Waals surface area (Å²) in [6, 6.07) is 11.7. The number of carbonyl (C=O) groups is 1. The number of para-hydroxylation sites is 1. The summed E-state index contributed by atoms with van der Waals surface area (Å²) >= 11 is 0. The lowest BCUT2D eigenvalue weighted by atomic mass is 10.0. The van der Waals surface area contributed by atoms with Gasteiger partial charge in [-0.05, 0) is 42.7 Å². The topological polar surface area (TPSA) is 33.5 Å². The third-order valence-corrected chi connectivity index (χ3v) is 3.31. The van der Waals surface area contributed by atoms with Crippen molar-refractivity contribution in [2.45, 2.75) is 12.8 Å². The maximum absolute atomic E-state index is 12.3. The van der Waals surface area contributed by atoms with E-state index in [4.69, 9.17) is 4.42 Å². The highest BCUT2D eigenvalue weighted by atomic mass is 16.3. The highest BCUT2D eigenvalue weighted by Gasteiger charge is 2.20. The molecule has 0 fully saturated rings. The van der Waals surface area contributed by atoms with Gasteiger partial charge in [0.15, 0.2) is 0 Å². The number of carbonyl (C=O) groups excluding carboxylic acids is 1. The number of nitrogens with zero attached hydrogens (tertiary/aromatic N) is 1. The van der Waals surface area contributed by atoms with Crippen LogP contribution in [-0.2, 0) is 11.2 Å². The Labute approximate surface area is 112 Å². The Morgan fingerprint density at radius 1 is 1.21 bits per heavy atom. The first-order chi connectivity index (χ1) is 9.34. The fourth-order valence-corrected chi connectivity index (χ4v) is 2.39. The van der Waals surface area contributed by atoms with Gasteiger partial charge in [0.05, 0.1) is 6.26 Å². The molecule has 3 heteroatoms. The Morgan fingerprint density at radius 3 is 2.95 bits per heavy atom. The van der Waals surface area contributed by atoms with Crippen LogP contribution in [0.2, 0.25) is 0 Å². The molecular formula is C16H15NO2. The van der Waals surface area contributed by atoms with Crippen LogP contribution in [-0.4, -0.2) is 12.5 Å². The first-order valence-electron chi connectivity index (χ1n) is 6.45. The number of benzene rings is 1. The van der Waals surface area contributed by atoms with E-state index in [0.29, 0.717) is 5.76 Å². The van der Waals surface area contributed by atoms with Gasteiger partial charge in [-0.1, -0.05) is 18.2 Å². The SMILES string of the molecule is O=C(/C=C/c1ccco1)N1CCCc2ccccc21. The number of aryl methyl sites for hydroxylation is 1. The maximum Gasteiger partial charge on any atom is 0.251 e. The highest BCUT2D eigenvalue weighted by molar-refractivity contribution is 6.04. The van der Waals surface area contributed by atoms with Crippen molar-refractivity contribution in [1.82, 2.24) is 0 Å². The van der Waals surface area contributed by atoms with Crippen LogP contribution in [0.25, 0.3) is 6.08 Å². The van der Waals surface area contributed by atoms with Crippen molar-refractivity contribution in [2.75, 3.05) is 11.4 Å². The van der Waals surface area contributed by atoms with Crippen LogP contribution >= 0.6 is 0 Å². The number of amides is 1. The molecule has 0 unspecified atom stereocenters. The first kappa shape index (κ1) is 11.8. The summed E-state index contributed by atoms with van der Waals surface area (Å²) in [5, 5.41) is 0. The highest BCUT2D eigenvalue weighted by Crippen LogP contribution is 2.26. The molecule has 3 rings (SSSR count). The van der Waals surface area contributed by atoms with E-state index >= 15 is 0 Å². The van der Waals surface area contributed by atoms with E-state index in [1.54, 1.807) is 24.5 Å². The van der Waals surface area contributed by atoms with Crippen LogP contribution in [0.5, 0.6) is 0 Å². The molecule has 1 aliphatic rings. The number of fused-ring (bicyclic) bond motifs is 1. The van der Waals surface area contributed by atoms with Crippen molar-refractivity contribution >= 4 is 17.7 Å². The second-order valence-corrected chi connectivity index (χ2v) is 4.57. The zero-order valence-electron chi connectivity index (χ0n) is 10.6. The van der Waals surface area contributed by atoms with Crippen LogP contribution in [0.4, 0.5) is 5.69 Å². The predicted octanol–water partition coefficient (Wildman–Crippen LogP) is 3.27. The summed E-state index contributed by atoms with van der Waals surface area (Å²) < 4.78 is 5.18. The molecule has 1 aromatic carbocycles. The third kappa shape index (κ3) is 2.45. The fourth-order valence-electron chi connectivity index (χ4n) is 2.39. The summed E-state index contributed by atoms with van der Waals surface area (Å²) in [6.45, 7) is 0.776. The van der Waals surface area contributed by atoms with Crippen LogP contribution in [0.1, 0.15) is 17.7 Å².